The number of likely N-dealkylation sites (N-methyl/N-ethyl adjacent to an activating group) is 1. The van der Waals surface area contributed by atoms with Gasteiger partial charge in [-0.25, -0.2) is 9.18 Å². The van der Waals surface area contributed by atoms with E-state index in [1.165, 1.54) is 12.1 Å². The van der Waals surface area contributed by atoms with Gasteiger partial charge in [-0.05, 0) is 12.1 Å². The largest absolute Gasteiger partial charge is 0.478 e. The molecule has 1 aromatic rings. The average Bonchev–Trinajstić information content (AvgIpc) is 2.33. The summed E-state index contributed by atoms with van der Waals surface area (Å²) in [5.74, 6) is -1.45. The zero-order chi connectivity index (χ0) is 13.5. The van der Waals surface area contributed by atoms with Crippen molar-refractivity contribution in [1.82, 2.24) is 0 Å². The number of para-hydroxylation sites is 1. The van der Waals surface area contributed by atoms with E-state index in [0.29, 0.717) is 24.4 Å². The fourth-order valence-corrected chi connectivity index (χ4v) is 1.57. The van der Waals surface area contributed by atoms with E-state index in [1.54, 1.807) is 31.2 Å². The molecule has 0 aliphatic carbocycles. The van der Waals surface area contributed by atoms with Crippen molar-refractivity contribution in [2.24, 2.45) is 0 Å². The van der Waals surface area contributed by atoms with E-state index in [0.717, 1.165) is 6.08 Å². The third-order valence-electron chi connectivity index (χ3n) is 2.44. The molecular weight excluding hydrogens is 237 g/mol. The summed E-state index contributed by atoms with van der Waals surface area (Å²) >= 11 is 0. The van der Waals surface area contributed by atoms with Crippen LogP contribution in [0.4, 0.5) is 10.1 Å². The number of halogens is 1. The van der Waals surface area contributed by atoms with Gasteiger partial charge in [0.15, 0.2) is 0 Å². The molecule has 98 valence electrons. The van der Waals surface area contributed by atoms with Crippen LogP contribution >= 0.6 is 0 Å². The molecule has 5 heteroatoms. The van der Waals surface area contributed by atoms with Crippen molar-refractivity contribution in [2.75, 3.05) is 32.2 Å². The fraction of sp³-hybridized carbons (Fsp3) is 0.308. The molecule has 4 nitrogen and oxygen atoms in total. The van der Waals surface area contributed by atoms with E-state index in [2.05, 4.69) is 0 Å². The number of carboxylic acid groups (broad SMARTS) is 1. The first-order valence-corrected chi connectivity index (χ1v) is 5.46. The minimum Gasteiger partial charge on any atom is -0.478 e. The molecule has 0 atom stereocenters. The maximum atomic E-state index is 13.8. The molecule has 0 aromatic heterocycles. The predicted octanol–water partition coefficient (Wildman–Crippen LogP) is 2.01. The highest BCUT2D eigenvalue weighted by Crippen LogP contribution is 2.24. The normalized spacial score (nSPS) is 10.8. The summed E-state index contributed by atoms with van der Waals surface area (Å²) in [6.07, 6.45) is 2.37. The molecule has 18 heavy (non-hydrogen) atoms. The number of carboxylic acids is 1. The topological polar surface area (TPSA) is 49.8 Å². The molecule has 0 amide bonds. The van der Waals surface area contributed by atoms with Crippen LogP contribution in [0.2, 0.25) is 0 Å². The maximum Gasteiger partial charge on any atom is 0.328 e. The molecule has 1 rings (SSSR count). The minimum atomic E-state index is -1.07. The van der Waals surface area contributed by atoms with Gasteiger partial charge in [-0.3, -0.25) is 0 Å². The molecular formula is C13H16FNO3. The smallest absolute Gasteiger partial charge is 0.328 e. The van der Waals surface area contributed by atoms with Gasteiger partial charge in [0.25, 0.3) is 0 Å². The Balaban J connectivity index is 3.03. The van der Waals surface area contributed by atoms with E-state index < -0.39 is 5.97 Å². The van der Waals surface area contributed by atoms with Crippen molar-refractivity contribution in [3.8, 4) is 0 Å². The van der Waals surface area contributed by atoms with Gasteiger partial charge in [-0.1, -0.05) is 12.1 Å². The van der Waals surface area contributed by atoms with Gasteiger partial charge in [0.1, 0.15) is 5.82 Å². The Hall–Kier alpha value is -1.88. The standard InChI is InChI=1S/C13H16FNO3/c1-15(8-9-18-2)13-10(6-7-12(16)17)4-3-5-11(13)14/h3-7H,8-9H2,1-2H3,(H,16,17)/b7-6+. The molecule has 0 aliphatic rings. The minimum absolute atomic E-state index is 0.368. The van der Waals surface area contributed by atoms with E-state index in [-0.39, 0.29) is 5.82 Å². The lowest BCUT2D eigenvalue weighted by molar-refractivity contribution is -0.131. The lowest BCUT2D eigenvalue weighted by Gasteiger charge is -2.21. The number of rotatable bonds is 6. The van der Waals surface area contributed by atoms with Gasteiger partial charge in [0.2, 0.25) is 0 Å². The lowest BCUT2D eigenvalue weighted by Crippen LogP contribution is -2.23. The Morgan fingerprint density at radius 1 is 1.56 bits per heavy atom. The van der Waals surface area contributed by atoms with Gasteiger partial charge in [-0.15, -0.1) is 0 Å². The van der Waals surface area contributed by atoms with Crippen LogP contribution in [0.3, 0.4) is 0 Å². The molecule has 0 spiro atoms. The molecule has 1 aromatic carbocycles. The molecule has 0 heterocycles. The number of aliphatic carboxylic acids is 1. The van der Waals surface area contributed by atoms with E-state index in [4.69, 9.17) is 9.84 Å². The molecule has 0 saturated heterocycles. The van der Waals surface area contributed by atoms with Crippen molar-refractivity contribution in [1.29, 1.82) is 0 Å². The molecule has 0 bridgehead atoms. The van der Waals surface area contributed by atoms with E-state index in [9.17, 15) is 9.18 Å². The Bertz CT molecular complexity index is 446. The van der Waals surface area contributed by atoms with E-state index in [1.807, 2.05) is 0 Å². The highest BCUT2D eigenvalue weighted by atomic mass is 19.1. The number of carbonyl (C=O) groups is 1. The first kappa shape index (κ1) is 14.2. The zero-order valence-corrected chi connectivity index (χ0v) is 10.4. The quantitative estimate of drug-likeness (QED) is 0.788. The maximum absolute atomic E-state index is 13.8. The Kier molecular flexibility index (Phi) is 5.32. The van der Waals surface area contributed by atoms with Crippen LogP contribution < -0.4 is 4.90 Å². The molecule has 0 fully saturated rings. The Labute approximate surface area is 105 Å². The molecule has 1 N–H and O–H groups in total. The average molecular weight is 253 g/mol. The summed E-state index contributed by atoms with van der Waals surface area (Å²) in [5.41, 5.74) is 0.892. The van der Waals surface area contributed by atoms with Crippen molar-refractivity contribution in [2.45, 2.75) is 0 Å². The second kappa shape index (κ2) is 6.76. The van der Waals surface area contributed by atoms with Crippen molar-refractivity contribution in [3.63, 3.8) is 0 Å². The zero-order valence-electron chi connectivity index (χ0n) is 10.4. The van der Waals surface area contributed by atoms with Crippen LogP contribution in [-0.2, 0) is 9.53 Å². The number of ether oxygens (including phenoxy) is 1. The summed E-state index contributed by atoms with van der Waals surface area (Å²) in [6.45, 7) is 0.984. The van der Waals surface area contributed by atoms with Crippen molar-refractivity contribution < 1.29 is 19.0 Å². The van der Waals surface area contributed by atoms with Gasteiger partial charge in [-0.2, -0.15) is 0 Å². The highest BCUT2D eigenvalue weighted by molar-refractivity contribution is 5.87. The van der Waals surface area contributed by atoms with E-state index >= 15 is 0 Å². The van der Waals surface area contributed by atoms with Crippen LogP contribution in [0, 0.1) is 5.82 Å². The summed E-state index contributed by atoms with van der Waals surface area (Å²) in [4.78, 5) is 12.2. The first-order chi connectivity index (χ1) is 8.56. The van der Waals surface area contributed by atoms with Crippen LogP contribution in [0.25, 0.3) is 6.08 Å². The molecule has 0 unspecified atom stereocenters. The number of hydrogen-bond acceptors (Lipinski definition) is 3. The van der Waals surface area contributed by atoms with Crippen molar-refractivity contribution in [3.05, 3.63) is 35.7 Å². The van der Waals surface area contributed by atoms with Gasteiger partial charge < -0.3 is 14.7 Å². The summed E-state index contributed by atoms with van der Waals surface area (Å²) in [6, 6.07) is 4.56. The van der Waals surface area contributed by atoms with Crippen molar-refractivity contribution >= 4 is 17.7 Å². The number of hydrogen-bond donors (Lipinski definition) is 1. The Morgan fingerprint density at radius 2 is 2.28 bits per heavy atom. The SMILES string of the molecule is COCCN(C)c1c(F)cccc1/C=C/C(=O)O. The second-order valence-electron chi connectivity index (χ2n) is 3.76. The monoisotopic (exact) mass is 253 g/mol. The number of anilines is 1. The fourth-order valence-electron chi connectivity index (χ4n) is 1.57. The van der Waals surface area contributed by atoms with Crippen LogP contribution in [-0.4, -0.2) is 38.4 Å². The summed E-state index contributed by atoms with van der Waals surface area (Å²) < 4.78 is 18.7. The summed E-state index contributed by atoms with van der Waals surface area (Å²) in [5, 5.41) is 8.60. The second-order valence-corrected chi connectivity index (χ2v) is 3.76. The Morgan fingerprint density at radius 3 is 2.89 bits per heavy atom. The molecule has 0 aliphatic heterocycles. The third-order valence-corrected chi connectivity index (χ3v) is 2.44. The first-order valence-electron chi connectivity index (χ1n) is 5.46. The van der Waals surface area contributed by atoms with Crippen LogP contribution in [0.1, 0.15) is 5.56 Å². The van der Waals surface area contributed by atoms with Gasteiger partial charge in [0.05, 0.1) is 12.3 Å². The number of benzene rings is 1. The number of nitrogens with zero attached hydrogens (tertiary/aromatic N) is 1. The molecule has 0 radical (unpaired) electrons. The van der Waals surface area contributed by atoms with Crippen LogP contribution in [0.15, 0.2) is 24.3 Å². The van der Waals surface area contributed by atoms with Gasteiger partial charge in [0, 0.05) is 32.3 Å². The number of methoxy groups -OCH3 is 1. The van der Waals surface area contributed by atoms with Crippen LogP contribution in [0.5, 0.6) is 0 Å². The molecule has 0 saturated carbocycles. The lowest BCUT2D eigenvalue weighted by atomic mass is 10.1. The predicted molar refractivity (Wildman–Crippen MR) is 68.2 cm³/mol. The highest BCUT2D eigenvalue weighted by Gasteiger charge is 2.11. The summed E-state index contributed by atoms with van der Waals surface area (Å²) in [7, 11) is 3.30. The van der Waals surface area contributed by atoms with Gasteiger partial charge >= 0.3 is 5.97 Å². The third kappa shape index (κ3) is 3.85.